The minimum Gasteiger partial charge on any atom is -0.362 e. The topological polar surface area (TPSA) is 37.0 Å². The van der Waals surface area contributed by atoms with Crippen molar-refractivity contribution in [3.8, 4) is 0 Å². The monoisotopic (exact) mass is 275 g/mol. The van der Waals surface area contributed by atoms with Gasteiger partial charge in [0.1, 0.15) is 0 Å². The van der Waals surface area contributed by atoms with E-state index in [9.17, 15) is 0 Å². The summed E-state index contributed by atoms with van der Waals surface area (Å²) in [6, 6.07) is 6.63. The number of rotatable bonds is 4. The van der Waals surface area contributed by atoms with Crippen molar-refractivity contribution in [2.75, 3.05) is 6.54 Å². The Balaban J connectivity index is 1.38. The highest BCUT2D eigenvalue weighted by Gasteiger charge is 2.39. The molecule has 3 rings (SSSR count). The van der Waals surface area contributed by atoms with Gasteiger partial charge in [-0.3, -0.25) is 4.98 Å². The average molecular weight is 275 g/mol. The van der Waals surface area contributed by atoms with Gasteiger partial charge in [0.25, 0.3) is 0 Å². The summed E-state index contributed by atoms with van der Waals surface area (Å²) in [7, 11) is 0. The van der Waals surface area contributed by atoms with Crippen LogP contribution in [0.2, 0.25) is 0 Å². The quantitative estimate of drug-likeness (QED) is 0.827. The van der Waals surface area contributed by atoms with Crippen LogP contribution in [0.25, 0.3) is 0 Å². The van der Waals surface area contributed by atoms with Crippen LogP contribution in [-0.4, -0.2) is 22.7 Å². The Labute approximate surface area is 120 Å². The summed E-state index contributed by atoms with van der Waals surface area (Å²) in [4.78, 5) is 4.31. The van der Waals surface area contributed by atoms with Crippen molar-refractivity contribution in [1.82, 2.24) is 15.6 Å². The molecule has 1 aromatic rings. The molecule has 3 atom stereocenters. The maximum atomic E-state index is 5.38. The van der Waals surface area contributed by atoms with Crippen LogP contribution < -0.4 is 10.6 Å². The van der Waals surface area contributed by atoms with E-state index in [1.165, 1.54) is 25.7 Å². The normalized spacial score (nSPS) is 28.3. The smallest absolute Gasteiger partial charge is 0.166 e. The largest absolute Gasteiger partial charge is 0.362 e. The summed E-state index contributed by atoms with van der Waals surface area (Å²) in [5.74, 6) is 1.82. The van der Waals surface area contributed by atoms with Gasteiger partial charge in [-0.05, 0) is 55.4 Å². The van der Waals surface area contributed by atoms with Gasteiger partial charge >= 0.3 is 0 Å². The van der Waals surface area contributed by atoms with Crippen LogP contribution in [-0.2, 0) is 6.42 Å². The summed E-state index contributed by atoms with van der Waals surface area (Å²) >= 11 is 5.38. The third-order valence-corrected chi connectivity index (χ3v) is 4.71. The molecule has 1 heterocycles. The molecule has 102 valence electrons. The van der Waals surface area contributed by atoms with Gasteiger partial charge in [-0.25, -0.2) is 0 Å². The lowest BCUT2D eigenvalue weighted by Crippen LogP contribution is -2.44. The van der Waals surface area contributed by atoms with E-state index in [4.69, 9.17) is 12.2 Å². The van der Waals surface area contributed by atoms with Gasteiger partial charge in [0.05, 0.1) is 0 Å². The van der Waals surface area contributed by atoms with Crippen molar-refractivity contribution < 1.29 is 0 Å². The summed E-state index contributed by atoms with van der Waals surface area (Å²) in [5.41, 5.74) is 1.11. The highest BCUT2D eigenvalue weighted by atomic mass is 32.1. The summed E-state index contributed by atoms with van der Waals surface area (Å²) in [6.07, 6.45) is 8.29. The zero-order chi connectivity index (χ0) is 13.1. The number of aromatic nitrogens is 1. The molecular formula is C15H21N3S. The number of hydrogen-bond acceptors (Lipinski definition) is 2. The summed E-state index contributed by atoms with van der Waals surface area (Å²) in [6.45, 7) is 0.851. The van der Waals surface area contributed by atoms with Crippen molar-refractivity contribution >= 4 is 17.3 Å². The van der Waals surface area contributed by atoms with Crippen molar-refractivity contribution in [3.63, 3.8) is 0 Å². The predicted molar refractivity (Wildman–Crippen MR) is 80.9 cm³/mol. The van der Waals surface area contributed by atoms with Crippen molar-refractivity contribution in [2.45, 2.75) is 38.1 Å². The van der Waals surface area contributed by atoms with Crippen molar-refractivity contribution in [3.05, 3.63) is 30.1 Å². The number of pyridine rings is 1. The van der Waals surface area contributed by atoms with Gasteiger partial charge in [-0.15, -0.1) is 0 Å². The number of nitrogens with one attached hydrogen (secondary N) is 2. The molecule has 0 aliphatic heterocycles. The van der Waals surface area contributed by atoms with Gasteiger partial charge in [-0.1, -0.05) is 12.5 Å². The Morgan fingerprint density at radius 2 is 2.26 bits per heavy atom. The molecule has 0 amide bonds. The molecule has 2 aliphatic rings. The lowest BCUT2D eigenvalue weighted by atomic mass is 9.96. The lowest BCUT2D eigenvalue weighted by molar-refractivity contribution is 0.389. The average Bonchev–Trinajstić information content (AvgIpc) is 3.02. The van der Waals surface area contributed by atoms with Crippen molar-refractivity contribution in [1.29, 1.82) is 0 Å². The van der Waals surface area contributed by atoms with Crippen LogP contribution in [0.5, 0.6) is 0 Å². The molecule has 4 heteroatoms. The first-order valence-corrected chi connectivity index (χ1v) is 7.66. The molecule has 0 unspecified atom stereocenters. The SMILES string of the molecule is S=C(NCCc1ccccn1)N[C@@H]1C[C@H]2CC[C@@H]1C2. The van der Waals surface area contributed by atoms with Gasteiger partial charge in [0.15, 0.2) is 5.11 Å². The highest BCUT2D eigenvalue weighted by molar-refractivity contribution is 7.80. The summed E-state index contributed by atoms with van der Waals surface area (Å²) < 4.78 is 0. The highest BCUT2D eigenvalue weighted by Crippen LogP contribution is 2.44. The maximum absolute atomic E-state index is 5.38. The van der Waals surface area contributed by atoms with Gasteiger partial charge < -0.3 is 10.6 Å². The zero-order valence-corrected chi connectivity index (χ0v) is 12.0. The number of hydrogen-bond donors (Lipinski definition) is 2. The number of fused-ring (bicyclic) bond motifs is 2. The fraction of sp³-hybridized carbons (Fsp3) is 0.600. The van der Waals surface area contributed by atoms with E-state index in [0.29, 0.717) is 6.04 Å². The second-order valence-electron chi connectivity index (χ2n) is 5.75. The van der Waals surface area contributed by atoms with E-state index < -0.39 is 0 Å². The van der Waals surface area contributed by atoms with E-state index in [-0.39, 0.29) is 0 Å². The molecule has 0 saturated heterocycles. The molecule has 2 fully saturated rings. The lowest BCUT2D eigenvalue weighted by Gasteiger charge is -2.24. The Hall–Kier alpha value is -1.16. The second-order valence-corrected chi connectivity index (χ2v) is 6.16. The van der Waals surface area contributed by atoms with E-state index in [0.717, 1.165) is 35.6 Å². The molecule has 2 saturated carbocycles. The molecule has 2 bridgehead atoms. The Morgan fingerprint density at radius 3 is 2.95 bits per heavy atom. The molecule has 19 heavy (non-hydrogen) atoms. The predicted octanol–water partition coefficient (Wildman–Crippen LogP) is 2.28. The standard InChI is InChI=1S/C15H21N3S/c19-15(17-8-6-13-3-1-2-7-16-13)18-14-10-11-4-5-12(14)9-11/h1-3,7,11-12,14H,4-6,8-10H2,(H2,17,18,19)/t11-,12+,14+/m0/s1. The molecular weight excluding hydrogens is 254 g/mol. The minimum atomic E-state index is 0.619. The molecule has 0 aromatic carbocycles. The fourth-order valence-electron chi connectivity index (χ4n) is 3.49. The molecule has 2 aliphatic carbocycles. The van der Waals surface area contributed by atoms with Crippen LogP contribution in [0.4, 0.5) is 0 Å². The van der Waals surface area contributed by atoms with Crippen LogP contribution in [0.1, 0.15) is 31.4 Å². The minimum absolute atomic E-state index is 0.619. The Bertz CT molecular complexity index is 434. The Morgan fingerprint density at radius 1 is 1.32 bits per heavy atom. The molecule has 1 aromatic heterocycles. The first kappa shape index (κ1) is 12.9. The van der Waals surface area contributed by atoms with E-state index in [2.05, 4.69) is 15.6 Å². The van der Waals surface area contributed by atoms with Crippen molar-refractivity contribution in [2.24, 2.45) is 11.8 Å². The van der Waals surface area contributed by atoms with Crippen LogP contribution in [0.15, 0.2) is 24.4 Å². The molecule has 0 spiro atoms. The van der Waals surface area contributed by atoms with E-state index in [1.54, 1.807) is 0 Å². The van der Waals surface area contributed by atoms with Crippen LogP contribution in [0.3, 0.4) is 0 Å². The van der Waals surface area contributed by atoms with Gasteiger partial charge in [-0.2, -0.15) is 0 Å². The third kappa shape index (κ3) is 3.24. The Kier molecular flexibility index (Phi) is 3.97. The number of nitrogens with zero attached hydrogens (tertiary/aromatic N) is 1. The second kappa shape index (κ2) is 5.87. The fourth-order valence-corrected chi connectivity index (χ4v) is 3.74. The van der Waals surface area contributed by atoms with Gasteiger partial charge in [0, 0.05) is 30.9 Å². The van der Waals surface area contributed by atoms with E-state index >= 15 is 0 Å². The van der Waals surface area contributed by atoms with Gasteiger partial charge in [0.2, 0.25) is 0 Å². The molecule has 2 N–H and O–H groups in total. The molecule has 3 nitrogen and oxygen atoms in total. The van der Waals surface area contributed by atoms with Crippen LogP contribution in [0, 0.1) is 11.8 Å². The number of thiocarbonyl (C=S) groups is 1. The first-order valence-electron chi connectivity index (χ1n) is 7.25. The third-order valence-electron chi connectivity index (χ3n) is 4.45. The summed E-state index contributed by atoms with van der Waals surface area (Å²) in [5, 5.41) is 7.61. The molecule has 0 radical (unpaired) electrons. The first-order chi connectivity index (χ1) is 9.31. The maximum Gasteiger partial charge on any atom is 0.166 e. The van der Waals surface area contributed by atoms with E-state index in [1.807, 2.05) is 24.4 Å². The zero-order valence-electron chi connectivity index (χ0n) is 11.1. The van der Waals surface area contributed by atoms with Crippen LogP contribution >= 0.6 is 12.2 Å².